The molecule has 0 aromatic heterocycles. The fourth-order valence-electron chi connectivity index (χ4n) is 2.32. The molecule has 0 aliphatic rings. The monoisotopic (exact) mass is 315 g/mol. The lowest BCUT2D eigenvalue weighted by atomic mass is 10.1. The van der Waals surface area contributed by atoms with Gasteiger partial charge >= 0.3 is 0 Å². The maximum absolute atomic E-state index is 6.14. The first-order chi connectivity index (χ1) is 10.7. The highest BCUT2D eigenvalue weighted by molar-refractivity contribution is 6.31. The van der Waals surface area contributed by atoms with Crippen molar-refractivity contribution in [2.75, 3.05) is 23.9 Å². The molecule has 0 saturated heterocycles. The van der Waals surface area contributed by atoms with Gasteiger partial charge in [0.25, 0.3) is 0 Å². The zero-order valence-electron chi connectivity index (χ0n) is 13.3. The third-order valence-corrected chi connectivity index (χ3v) is 3.64. The Bertz CT molecular complexity index is 638. The summed E-state index contributed by atoms with van der Waals surface area (Å²) in [6, 6.07) is 16.0. The van der Waals surface area contributed by atoms with Crippen LogP contribution in [-0.4, -0.2) is 19.3 Å². The van der Waals surface area contributed by atoms with Crippen molar-refractivity contribution in [3.8, 4) is 0 Å². The van der Waals surface area contributed by atoms with Gasteiger partial charge in [-0.25, -0.2) is 0 Å². The van der Waals surface area contributed by atoms with E-state index in [2.05, 4.69) is 24.4 Å². The topological polar surface area (TPSA) is 27.6 Å². The molecule has 0 unspecified atom stereocenters. The number of hydrogen-bond donors (Lipinski definition) is 1. The number of hydrogen-bond acceptors (Lipinski definition) is 3. The molecule has 4 heteroatoms. The summed E-state index contributed by atoms with van der Waals surface area (Å²) in [7, 11) is 1.90. The molecule has 2 aromatic carbocycles. The molecule has 0 atom stereocenters. The molecule has 3 nitrogen and oxygen atoms in total. The molecule has 0 radical (unpaired) electrons. The van der Waals surface area contributed by atoms with Gasteiger partial charge in [-0.15, -0.1) is 0 Å². The fraction of sp³-hybridized carbons (Fsp3) is 0.278. The summed E-state index contributed by atoms with van der Waals surface area (Å²) < 4.78 is 0. The molecule has 0 spiro atoms. The Balaban J connectivity index is 2.38. The van der Waals surface area contributed by atoms with Gasteiger partial charge < -0.3 is 5.32 Å². The Morgan fingerprint density at radius 3 is 2.55 bits per heavy atom. The molecule has 0 aliphatic carbocycles. The van der Waals surface area contributed by atoms with Crippen LogP contribution in [0.3, 0.4) is 0 Å². The van der Waals surface area contributed by atoms with Crippen LogP contribution < -0.4 is 10.3 Å². The summed E-state index contributed by atoms with van der Waals surface area (Å²) in [5, 5.41) is 10.7. The minimum Gasteiger partial charge on any atom is -0.388 e. The standard InChI is InChI=1S/C18H22ClN3/c1-4-12-22(16-8-6-5-7-9-16)21-14(2)17-13-15(19)10-11-18(17)20-3/h5-11,13,20H,4,12H2,1-3H3/b21-14+. The molecular formula is C18H22ClN3. The van der Waals surface area contributed by atoms with Crippen LogP contribution in [0.5, 0.6) is 0 Å². The summed E-state index contributed by atoms with van der Waals surface area (Å²) in [4.78, 5) is 0. The second kappa shape index (κ2) is 7.85. The van der Waals surface area contributed by atoms with E-state index in [0.29, 0.717) is 5.02 Å². The molecule has 1 N–H and O–H groups in total. The van der Waals surface area contributed by atoms with Crippen LogP contribution in [0.15, 0.2) is 53.6 Å². The Hall–Kier alpha value is -2.00. The average Bonchev–Trinajstić information content (AvgIpc) is 2.55. The van der Waals surface area contributed by atoms with Crippen LogP contribution in [0.25, 0.3) is 0 Å². The summed E-state index contributed by atoms with van der Waals surface area (Å²) in [6.45, 7) is 5.04. The van der Waals surface area contributed by atoms with E-state index >= 15 is 0 Å². The normalized spacial score (nSPS) is 11.4. The van der Waals surface area contributed by atoms with Crippen molar-refractivity contribution in [2.24, 2.45) is 5.10 Å². The molecule has 2 rings (SSSR count). The lowest BCUT2D eigenvalue weighted by Crippen LogP contribution is -2.19. The van der Waals surface area contributed by atoms with Crippen molar-refractivity contribution >= 4 is 28.7 Å². The minimum absolute atomic E-state index is 0.713. The third-order valence-electron chi connectivity index (χ3n) is 3.40. The first-order valence-corrected chi connectivity index (χ1v) is 7.89. The fourth-order valence-corrected chi connectivity index (χ4v) is 2.49. The maximum atomic E-state index is 6.14. The van der Waals surface area contributed by atoms with Gasteiger partial charge in [-0.3, -0.25) is 5.01 Å². The Morgan fingerprint density at radius 1 is 1.18 bits per heavy atom. The van der Waals surface area contributed by atoms with Crippen LogP contribution in [0, 0.1) is 0 Å². The summed E-state index contributed by atoms with van der Waals surface area (Å²) in [5.74, 6) is 0. The van der Waals surface area contributed by atoms with E-state index in [1.54, 1.807) is 0 Å². The van der Waals surface area contributed by atoms with Crippen molar-refractivity contribution in [2.45, 2.75) is 20.3 Å². The number of nitrogens with one attached hydrogen (secondary N) is 1. The largest absolute Gasteiger partial charge is 0.388 e. The number of nitrogens with zero attached hydrogens (tertiary/aromatic N) is 2. The Labute approximate surface area is 137 Å². The van der Waals surface area contributed by atoms with Gasteiger partial charge in [-0.05, 0) is 43.7 Å². The third kappa shape index (κ3) is 4.01. The smallest absolute Gasteiger partial charge is 0.0672 e. The molecule has 2 aromatic rings. The number of para-hydroxylation sites is 1. The van der Waals surface area contributed by atoms with Gasteiger partial charge in [0.15, 0.2) is 0 Å². The van der Waals surface area contributed by atoms with Gasteiger partial charge in [-0.2, -0.15) is 5.10 Å². The van der Waals surface area contributed by atoms with E-state index < -0.39 is 0 Å². The van der Waals surface area contributed by atoms with E-state index in [1.165, 1.54) is 0 Å². The molecule has 22 heavy (non-hydrogen) atoms. The SMILES string of the molecule is CCCN(/N=C(\C)c1cc(Cl)ccc1NC)c1ccccc1. The van der Waals surface area contributed by atoms with Gasteiger partial charge in [-0.1, -0.05) is 36.7 Å². The van der Waals surface area contributed by atoms with Gasteiger partial charge in [0, 0.05) is 29.9 Å². The lowest BCUT2D eigenvalue weighted by molar-refractivity contribution is 0.806. The Kier molecular flexibility index (Phi) is 5.84. The quantitative estimate of drug-likeness (QED) is 0.598. The first-order valence-electron chi connectivity index (χ1n) is 7.51. The highest BCUT2D eigenvalue weighted by Gasteiger charge is 2.09. The number of benzene rings is 2. The second-order valence-electron chi connectivity index (χ2n) is 5.08. The second-order valence-corrected chi connectivity index (χ2v) is 5.52. The summed E-state index contributed by atoms with van der Waals surface area (Å²) in [5.41, 5.74) is 4.07. The summed E-state index contributed by atoms with van der Waals surface area (Å²) >= 11 is 6.14. The zero-order valence-corrected chi connectivity index (χ0v) is 14.1. The molecular weight excluding hydrogens is 294 g/mol. The van der Waals surface area contributed by atoms with Gasteiger partial charge in [0.2, 0.25) is 0 Å². The number of anilines is 2. The predicted octanol–water partition coefficient (Wildman–Crippen LogP) is 5.02. The lowest BCUT2D eigenvalue weighted by Gasteiger charge is -2.20. The van der Waals surface area contributed by atoms with E-state index in [0.717, 1.165) is 35.6 Å². The van der Waals surface area contributed by atoms with Crippen LogP contribution in [0.2, 0.25) is 5.02 Å². The highest BCUT2D eigenvalue weighted by Crippen LogP contribution is 2.22. The molecule has 116 valence electrons. The van der Waals surface area contributed by atoms with Crippen LogP contribution in [-0.2, 0) is 0 Å². The van der Waals surface area contributed by atoms with E-state index in [4.69, 9.17) is 16.7 Å². The molecule has 0 amide bonds. The zero-order chi connectivity index (χ0) is 15.9. The van der Waals surface area contributed by atoms with E-state index in [9.17, 15) is 0 Å². The number of rotatable bonds is 6. The van der Waals surface area contributed by atoms with E-state index in [1.807, 2.05) is 55.4 Å². The van der Waals surface area contributed by atoms with Gasteiger partial charge in [0.05, 0.1) is 11.4 Å². The number of hydrazone groups is 1. The Morgan fingerprint density at radius 2 is 1.91 bits per heavy atom. The average molecular weight is 316 g/mol. The molecule has 0 fully saturated rings. The predicted molar refractivity (Wildman–Crippen MR) is 97.3 cm³/mol. The first kappa shape index (κ1) is 16.4. The van der Waals surface area contributed by atoms with Crippen LogP contribution in [0.4, 0.5) is 11.4 Å². The van der Waals surface area contributed by atoms with Crippen molar-refractivity contribution in [1.29, 1.82) is 0 Å². The highest BCUT2D eigenvalue weighted by atomic mass is 35.5. The molecule has 0 aliphatic heterocycles. The number of halogens is 1. The van der Waals surface area contributed by atoms with Crippen molar-refractivity contribution < 1.29 is 0 Å². The molecule has 0 saturated carbocycles. The summed E-state index contributed by atoms with van der Waals surface area (Å²) in [6.07, 6.45) is 1.03. The maximum Gasteiger partial charge on any atom is 0.0672 e. The molecule has 0 heterocycles. The van der Waals surface area contributed by atoms with Crippen LogP contribution >= 0.6 is 11.6 Å². The van der Waals surface area contributed by atoms with Gasteiger partial charge in [0.1, 0.15) is 0 Å². The van der Waals surface area contributed by atoms with Crippen LogP contribution in [0.1, 0.15) is 25.8 Å². The van der Waals surface area contributed by atoms with Crippen molar-refractivity contribution in [3.05, 3.63) is 59.1 Å². The molecule has 0 bridgehead atoms. The van der Waals surface area contributed by atoms with Crippen molar-refractivity contribution in [1.82, 2.24) is 0 Å². The minimum atomic E-state index is 0.713. The van der Waals surface area contributed by atoms with E-state index in [-0.39, 0.29) is 0 Å². The van der Waals surface area contributed by atoms with Crippen molar-refractivity contribution in [3.63, 3.8) is 0 Å².